The lowest BCUT2D eigenvalue weighted by Crippen LogP contribution is -2.47. The fraction of sp³-hybridized carbons (Fsp3) is 0.500. The van der Waals surface area contributed by atoms with E-state index in [1.54, 1.807) is 6.07 Å². The molecule has 140 valence electrons. The van der Waals surface area contributed by atoms with Gasteiger partial charge in [0.05, 0.1) is 17.2 Å². The summed E-state index contributed by atoms with van der Waals surface area (Å²) in [7, 11) is 0. The maximum absolute atomic E-state index is 12.9. The van der Waals surface area contributed by atoms with Gasteiger partial charge in [-0.2, -0.15) is 13.2 Å². The predicted octanol–water partition coefficient (Wildman–Crippen LogP) is 3.76. The van der Waals surface area contributed by atoms with Crippen molar-refractivity contribution < 1.29 is 23.1 Å². The number of hydrogen-bond donors (Lipinski definition) is 1. The van der Waals surface area contributed by atoms with E-state index in [4.69, 9.17) is 5.11 Å². The lowest BCUT2D eigenvalue weighted by Gasteiger charge is -2.36. The summed E-state index contributed by atoms with van der Waals surface area (Å²) in [6, 6.07) is 3.94. The van der Waals surface area contributed by atoms with Crippen molar-refractivity contribution in [2.24, 2.45) is 11.8 Å². The van der Waals surface area contributed by atoms with Crippen LogP contribution in [-0.4, -0.2) is 48.7 Å². The van der Waals surface area contributed by atoms with Crippen LogP contribution in [0.3, 0.4) is 0 Å². The average molecular weight is 384 g/mol. The van der Waals surface area contributed by atoms with Crippen molar-refractivity contribution in [1.29, 1.82) is 0 Å². The van der Waals surface area contributed by atoms with Gasteiger partial charge in [-0.3, -0.25) is 9.69 Å². The van der Waals surface area contributed by atoms with Crippen LogP contribution in [0.25, 0.3) is 10.1 Å². The molecule has 4 nitrogen and oxygen atoms in total. The highest BCUT2D eigenvalue weighted by Gasteiger charge is 2.44. The second-order valence-corrected chi connectivity index (χ2v) is 7.97. The second kappa shape index (κ2) is 6.42. The molecular weight excluding hydrogens is 365 g/mol. The van der Waals surface area contributed by atoms with E-state index in [9.17, 15) is 18.0 Å². The van der Waals surface area contributed by atoms with E-state index in [0.29, 0.717) is 4.70 Å². The molecular formula is C18H19F3N2O2S. The minimum absolute atomic E-state index is 0.184. The molecule has 0 bridgehead atoms. The van der Waals surface area contributed by atoms with Crippen LogP contribution < -0.4 is 4.90 Å². The normalized spacial score (nSPS) is 24.2. The van der Waals surface area contributed by atoms with Gasteiger partial charge >= 0.3 is 12.1 Å². The van der Waals surface area contributed by atoms with E-state index in [1.807, 2.05) is 5.38 Å². The van der Waals surface area contributed by atoms with E-state index in [0.717, 1.165) is 56.3 Å². The van der Waals surface area contributed by atoms with Crippen molar-refractivity contribution in [3.05, 3.63) is 29.1 Å². The summed E-state index contributed by atoms with van der Waals surface area (Å²) in [5.41, 5.74) is 0.383. The summed E-state index contributed by atoms with van der Waals surface area (Å²) in [6.07, 6.45) is -3.55. The van der Waals surface area contributed by atoms with E-state index in [2.05, 4.69) is 9.80 Å². The molecule has 2 aliphatic rings. The monoisotopic (exact) mass is 384 g/mol. The fourth-order valence-corrected chi connectivity index (χ4v) is 4.70. The van der Waals surface area contributed by atoms with Crippen LogP contribution in [0.15, 0.2) is 23.6 Å². The highest BCUT2D eigenvalue weighted by atomic mass is 32.1. The number of carboxylic acid groups (broad SMARTS) is 1. The topological polar surface area (TPSA) is 43.8 Å². The molecule has 1 aromatic heterocycles. The summed E-state index contributed by atoms with van der Waals surface area (Å²) in [6.45, 7) is 4.13. The highest BCUT2D eigenvalue weighted by Crippen LogP contribution is 2.40. The molecule has 2 heterocycles. The number of rotatable bonds is 4. The first-order valence-electron chi connectivity index (χ1n) is 8.61. The van der Waals surface area contributed by atoms with Crippen molar-refractivity contribution in [1.82, 2.24) is 4.90 Å². The SMILES string of the molecule is O=C(O)C1CC1CN1CCN(c2csc3cc(C(F)(F)F)ccc23)CC1. The van der Waals surface area contributed by atoms with Crippen LogP contribution in [-0.2, 0) is 11.0 Å². The summed E-state index contributed by atoms with van der Waals surface area (Å²) in [4.78, 5) is 15.4. The zero-order chi connectivity index (χ0) is 18.5. The molecule has 2 unspecified atom stereocenters. The van der Waals surface area contributed by atoms with E-state index >= 15 is 0 Å². The number of alkyl halides is 3. The summed E-state index contributed by atoms with van der Waals surface area (Å²) >= 11 is 1.34. The molecule has 2 fully saturated rings. The number of anilines is 1. The maximum atomic E-state index is 12.9. The first kappa shape index (κ1) is 17.6. The van der Waals surface area contributed by atoms with Crippen molar-refractivity contribution >= 4 is 33.1 Å². The smallest absolute Gasteiger partial charge is 0.416 e. The average Bonchev–Trinajstić information content (AvgIpc) is 3.23. The third kappa shape index (κ3) is 3.40. The van der Waals surface area contributed by atoms with Gasteiger partial charge in [-0.05, 0) is 24.5 Å². The number of piperazine rings is 1. The number of halogens is 3. The molecule has 1 N–H and O–H groups in total. The second-order valence-electron chi connectivity index (χ2n) is 7.06. The molecule has 0 amide bonds. The number of hydrogen-bond acceptors (Lipinski definition) is 4. The largest absolute Gasteiger partial charge is 0.481 e. The standard InChI is InChI=1S/C18H19F3N2O2S/c19-18(20,21)12-1-2-13-15(10-26-16(13)8-12)23-5-3-22(4-6-23)9-11-7-14(11)17(24)25/h1-2,8,10-11,14H,3-7,9H2,(H,24,25). The van der Waals surface area contributed by atoms with Crippen LogP contribution >= 0.6 is 11.3 Å². The lowest BCUT2D eigenvalue weighted by molar-refractivity contribution is -0.139. The molecule has 26 heavy (non-hydrogen) atoms. The predicted molar refractivity (Wildman–Crippen MR) is 94.7 cm³/mol. The van der Waals surface area contributed by atoms with Crippen LogP contribution in [0.2, 0.25) is 0 Å². The van der Waals surface area contributed by atoms with Gasteiger partial charge in [0.25, 0.3) is 0 Å². The van der Waals surface area contributed by atoms with Gasteiger partial charge in [0, 0.05) is 48.2 Å². The van der Waals surface area contributed by atoms with Crippen molar-refractivity contribution in [3.63, 3.8) is 0 Å². The van der Waals surface area contributed by atoms with Gasteiger partial charge in [0.15, 0.2) is 0 Å². The molecule has 1 aliphatic carbocycles. The zero-order valence-corrected chi connectivity index (χ0v) is 14.8. The van der Waals surface area contributed by atoms with Crippen LogP contribution in [0.5, 0.6) is 0 Å². The van der Waals surface area contributed by atoms with Gasteiger partial charge in [-0.15, -0.1) is 11.3 Å². The highest BCUT2D eigenvalue weighted by molar-refractivity contribution is 7.17. The lowest BCUT2D eigenvalue weighted by atomic mass is 10.1. The third-order valence-electron chi connectivity index (χ3n) is 5.33. The quantitative estimate of drug-likeness (QED) is 0.872. The molecule has 1 saturated heterocycles. The molecule has 2 aromatic rings. The van der Waals surface area contributed by atoms with Gasteiger partial charge in [0.2, 0.25) is 0 Å². The Bertz CT molecular complexity index is 827. The maximum Gasteiger partial charge on any atom is 0.416 e. The number of nitrogens with zero attached hydrogens (tertiary/aromatic N) is 2. The minimum atomic E-state index is -4.32. The Morgan fingerprint density at radius 2 is 1.96 bits per heavy atom. The van der Waals surface area contributed by atoms with Gasteiger partial charge in [-0.1, -0.05) is 6.07 Å². The Morgan fingerprint density at radius 3 is 2.58 bits per heavy atom. The Morgan fingerprint density at radius 1 is 1.23 bits per heavy atom. The number of aliphatic carboxylic acids is 1. The van der Waals surface area contributed by atoms with Gasteiger partial charge in [0.1, 0.15) is 0 Å². The molecule has 4 rings (SSSR count). The summed E-state index contributed by atoms with van der Waals surface area (Å²) < 4.78 is 39.2. The van der Waals surface area contributed by atoms with E-state index in [1.165, 1.54) is 17.4 Å². The van der Waals surface area contributed by atoms with Gasteiger partial charge in [-0.25, -0.2) is 0 Å². The van der Waals surface area contributed by atoms with Gasteiger partial charge < -0.3 is 10.0 Å². The van der Waals surface area contributed by atoms with E-state index in [-0.39, 0.29) is 11.8 Å². The van der Waals surface area contributed by atoms with Crippen LogP contribution in [0, 0.1) is 11.8 Å². The molecule has 0 radical (unpaired) electrons. The first-order valence-corrected chi connectivity index (χ1v) is 9.49. The Hall–Kier alpha value is -1.80. The number of benzene rings is 1. The fourth-order valence-electron chi connectivity index (χ4n) is 3.69. The Kier molecular flexibility index (Phi) is 4.35. The number of thiophene rings is 1. The molecule has 2 atom stereocenters. The van der Waals surface area contributed by atoms with E-state index < -0.39 is 17.7 Å². The molecule has 0 spiro atoms. The van der Waals surface area contributed by atoms with Crippen LogP contribution in [0.1, 0.15) is 12.0 Å². The number of carbonyl (C=O) groups is 1. The number of fused-ring (bicyclic) bond motifs is 1. The molecule has 1 aliphatic heterocycles. The third-order valence-corrected chi connectivity index (χ3v) is 6.26. The summed E-state index contributed by atoms with van der Waals surface area (Å²) in [5, 5.41) is 11.8. The first-order chi connectivity index (χ1) is 12.3. The number of carboxylic acids is 1. The van der Waals surface area contributed by atoms with Crippen LogP contribution in [0.4, 0.5) is 18.9 Å². The summed E-state index contributed by atoms with van der Waals surface area (Å²) in [5.74, 6) is -0.616. The van der Waals surface area contributed by atoms with Crippen molar-refractivity contribution in [2.75, 3.05) is 37.6 Å². The van der Waals surface area contributed by atoms with Crippen molar-refractivity contribution in [3.8, 4) is 0 Å². The molecule has 8 heteroatoms. The Balaban J connectivity index is 1.41. The zero-order valence-electron chi connectivity index (χ0n) is 14.0. The molecule has 1 aromatic carbocycles. The minimum Gasteiger partial charge on any atom is -0.481 e. The molecule has 1 saturated carbocycles. The van der Waals surface area contributed by atoms with Crippen molar-refractivity contribution in [2.45, 2.75) is 12.6 Å². The Labute approximate surface area is 152 Å².